The third kappa shape index (κ3) is 3.55. The van der Waals surface area contributed by atoms with E-state index in [-0.39, 0.29) is 22.9 Å². The fourth-order valence-corrected chi connectivity index (χ4v) is 3.56. The molecule has 0 bridgehead atoms. The molecule has 0 aliphatic carbocycles. The Bertz CT molecular complexity index is 709. The maximum atomic E-state index is 12.1. The van der Waals surface area contributed by atoms with Crippen LogP contribution in [0.4, 0.5) is 0 Å². The van der Waals surface area contributed by atoms with Gasteiger partial charge in [0.1, 0.15) is 0 Å². The number of halogens is 1. The van der Waals surface area contributed by atoms with Gasteiger partial charge in [0, 0.05) is 16.5 Å². The van der Waals surface area contributed by atoms with E-state index in [0.717, 1.165) is 0 Å². The van der Waals surface area contributed by atoms with Crippen LogP contribution in [0.15, 0.2) is 64.0 Å². The van der Waals surface area contributed by atoms with E-state index >= 15 is 0 Å². The summed E-state index contributed by atoms with van der Waals surface area (Å²) in [6, 6.07) is 15.2. The Labute approximate surface area is 126 Å². The van der Waals surface area contributed by atoms with Crippen molar-refractivity contribution in [2.45, 2.75) is 11.3 Å². The van der Waals surface area contributed by atoms with Crippen LogP contribution in [0.5, 0.6) is 0 Å². The topological polar surface area (TPSA) is 51.2 Å². The van der Waals surface area contributed by atoms with Crippen molar-refractivity contribution in [2.24, 2.45) is 0 Å². The van der Waals surface area contributed by atoms with Crippen LogP contribution in [-0.2, 0) is 9.84 Å². The number of ketones is 1. The smallest absolute Gasteiger partial charge is 0.178 e. The summed E-state index contributed by atoms with van der Waals surface area (Å²) in [5.41, 5.74) is 0.510. The standard InChI is InChI=1S/C15H13BrO3S/c16-14-9-5-4-8-13(14)15(17)10-11-20(18,19)12-6-2-1-3-7-12/h1-9H,10-11H2. The lowest BCUT2D eigenvalue weighted by Gasteiger charge is -2.05. The Balaban J connectivity index is 2.10. The van der Waals surface area contributed by atoms with Gasteiger partial charge < -0.3 is 0 Å². The van der Waals surface area contributed by atoms with Crippen molar-refractivity contribution in [2.75, 3.05) is 5.75 Å². The average Bonchev–Trinajstić information content (AvgIpc) is 2.46. The van der Waals surface area contributed by atoms with E-state index in [1.54, 1.807) is 36.4 Å². The normalized spacial score (nSPS) is 11.2. The number of benzene rings is 2. The lowest BCUT2D eigenvalue weighted by atomic mass is 10.1. The monoisotopic (exact) mass is 352 g/mol. The highest BCUT2D eigenvalue weighted by Gasteiger charge is 2.17. The fourth-order valence-electron chi connectivity index (χ4n) is 1.79. The number of carbonyl (C=O) groups is 1. The van der Waals surface area contributed by atoms with Gasteiger partial charge in [-0.2, -0.15) is 0 Å². The third-order valence-corrected chi connectivity index (χ3v) is 5.30. The van der Waals surface area contributed by atoms with Gasteiger partial charge in [0.2, 0.25) is 0 Å². The zero-order chi connectivity index (χ0) is 14.6. The average molecular weight is 353 g/mol. The number of hydrogen-bond acceptors (Lipinski definition) is 3. The maximum absolute atomic E-state index is 12.1. The van der Waals surface area contributed by atoms with Gasteiger partial charge in [-0.05, 0) is 18.2 Å². The third-order valence-electron chi connectivity index (χ3n) is 2.87. The first kappa shape index (κ1) is 14.9. The van der Waals surface area contributed by atoms with Crippen LogP contribution in [0, 0.1) is 0 Å². The van der Waals surface area contributed by atoms with Crippen LogP contribution >= 0.6 is 15.9 Å². The molecule has 0 unspecified atom stereocenters. The van der Waals surface area contributed by atoms with Crippen molar-refractivity contribution in [3.05, 3.63) is 64.6 Å². The molecule has 5 heteroatoms. The van der Waals surface area contributed by atoms with Gasteiger partial charge in [0.15, 0.2) is 15.6 Å². The number of Topliss-reactive ketones (excluding diaryl/α,β-unsaturated/α-hetero) is 1. The summed E-state index contributed by atoms with van der Waals surface area (Å²) in [4.78, 5) is 12.3. The van der Waals surface area contributed by atoms with Crippen LogP contribution in [0.2, 0.25) is 0 Å². The number of rotatable bonds is 5. The first-order valence-electron chi connectivity index (χ1n) is 6.06. The molecule has 2 rings (SSSR count). The highest BCUT2D eigenvalue weighted by molar-refractivity contribution is 9.10. The second-order valence-corrected chi connectivity index (χ2v) is 7.25. The lowest BCUT2D eigenvalue weighted by Crippen LogP contribution is -2.12. The minimum Gasteiger partial charge on any atom is -0.294 e. The number of hydrogen-bond donors (Lipinski definition) is 0. The summed E-state index contributed by atoms with van der Waals surface area (Å²) in [7, 11) is -3.41. The minimum atomic E-state index is -3.41. The second-order valence-electron chi connectivity index (χ2n) is 4.28. The summed E-state index contributed by atoms with van der Waals surface area (Å²) in [5, 5.41) is 0. The molecule has 0 atom stereocenters. The van der Waals surface area contributed by atoms with Crippen LogP contribution in [0.25, 0.3) is 0 Å². The molecule has 0 N–H and O–H groups in total. The molecule has 0 amide bonds. The summed E-state index contributed by atoms with van der Waals surface area (Å²) in [6.45, 7) is 0. The van der Waals surface area contributed by atoms with Crippen LogP contribution in [0.1, 0.15) is 16.8 Å². The van der Waals surface area contributed by atoms with Gasteiger partial charge in [-0.1, -0.05) is 52.3 Å². The molecule has 0 fully saturated rings. The van der Waals surface area contributed by atoms with Crippen molar-refractivity contribution in [3.8, 4) is 0 Å². The van der Waals surface area contributed by atoms with Gasteiger partial charge in [-0.15, -0.1) is 0 Å². The number of sulfone groups is 1. The SMILES string of the molecule is O=C(CCS(=O)(=O)c1ccccc1)c1ccccc1Br. The molecule has 20 heavy (non-hydrogen) atoms. The predicted octanol–water partition coefficient (Wildman–Crippen LogP) is 3.50. The molecule has 0 aliphatic heterocycles. The van der Waals surface area contributed by atoms with E-state index in [9.17, 15) is 13.2 Å². The molecule has 3 nitrogen and oxygen atoms in total. The first-order chi connectivity index (χ1) is 9.50. The minimum absolute atomic E-state index is 0.0279. The summed E-state index contributed by atoms with van der Waals surface area (Å²) >= 11 is 3.29. The van der Waals surface area contributed by atoms with Crippen molar-refractivity contribution < 1.29 is 13.2 Å². The van der Waals surface area contributed by atoms with Gasteiger partial charge in [0.05, 0.1) is 10.6 Å². The fraction of sp³-hybridized carbons (Fsp3) is 0.133. The molecule has 104 valence electrons. The Morgan fingerprint density at radius 1 is 0.950 bits per heavy atom. The molecular weight excluding hydrogens is 340 g/mol. The summed E-state index contributed by atoms with van der Waals surface area (Å²) in [5.74, 6) is -0.367. The van der Waals surface area contributed by atoms with E-state index in [2.05, 4.69) is 15.9 Å². The van der Waals surface area contributed by atoms with E-state index in [1.165, 1.54) is 12.1 Å². The Kier molecular flexibility index (Phi) is 4.73. The Morgan fingerprint density at radius 2 is 1.55 bits per heavy atom. The lowest BCUT2D eigenvalue weighted by molar-refractivity contribution is 0.0988. The van der Waals surface area contributed by atoms with E-state index in [1.807, 2.05) is 6.07 Å². The maximum Gasteiger partial charge on any atom is 0.178 e. The van der Waals surface area contributed by atoms with Crippen LogP contribution in [-0.4, -0.2) is 20.0 Å². The van der Waals surface area contributed by atoms with Gasteiger partial charge >= 0.3 is 0 Å². The van der Waals surface area contributed by atoms with Gasteiger partial charge in [-0.25, -0.2) is 8.42 Å². The van der Waals surface area contributed by atoms with Crippen molar-refractivity contribution in [3.63, 3.8) is 0 Å². The highest BCUT2D eigenvalue weighted by atomic mass is 79.9. The van der Waals surface area contributed by atoms with Crippen molar-refractivity contribution >= 4 is 31.6 Å². The van der Waals surface area contributed by atoms with Crippen LogP contribution in [0.3, 0.4) is 0 Å². The quantitative estimate of drug-likeness (QED) is 0.773. The van der Waals surface area contributed by atoms with Crippen molar-refractivity contribution in [1.82, 2.24) is 0 Å². The van der Waals surface area contributed by atoms with E-state index in [0.29, 0.717) is 10.0 Å². The molecule has 0 aliphatic rings. The predicted molar refractivity (Wildman–Crippen MR) is 81.6 cm³/mol. The molecular formula is C15H13BrO3S. The molecule has 0 saturated heterocycles. The molecule has 0 aromatic heterocycles. The zero-order valence-corrected chi connectivity index (χ0v) is 13.0. The first-order valence-corrected chi connectivity index (χ1v) is 8.51. The van der Waals surface area contributed by atoms with E-state index in [4.69, 9.17) is 0 Å². The van der Waals surface area contributed by atoms with Gasteiger partial charge in [-0.3, -0.25) is 4.79 Å². The largest absolute Gasteiger partial charge is 0.294 e. The highest BCUT2D eigenvalue weighted by Crippen LogP contribution is 2.19. The van der Waals surface area contributed by atoms with Crippen LogP contribution < -0.4 is 0 Å². The molecule has 0 radical (unpaired) electrons. The molecule has 2 aromatic carbocycles. The molecule has 0 spiro atoms. The molecule has 2 aromatic rings. The van der Waals surface area contributed by atoms with Gasteiger partial charge in [0.25, 0.3) is 0 Å². The summed E-state index contributed by atoms with van der Waals surface area (Å²) < 4.78 is 24.9. The number of carbonyl (C=O) groups excluding carboxylic acids is 1. The Morgan fingerprint density at radius 3 is 2.20 bits per heavy atom. The van der Waals surface area contributed by atoms with E-state index < -0.39 is 9.84 Å². The van der Waals surface area contributed by atoms with Crippen molar-refractivity contribution in [1.29, 1.82) is 0 Å². The zero-order valence-electron chi connectivity index (χ0n) is 10.6. The Hall–Kier alpha value is -1.46. The second kappa shape index (κ2) is 6.33. The molecule has 0 heterocycles. The molecule has 0 saturated carbocycles. The summed E-state index contributed by atoms with van der Waals surface area (Å²) in [6.07, 6.45) is -0.0279.